The smallest absolute Gasteiger partial charge is 0.240 e. The molecule has 2 N–H and O–H groups in total. The molecule has 118 valence electrons. The van der Waals surface area contributed by atoms with E-state index in [0.717, 1.165) is 30.8 Å². The van der Waals surface area contributed by atoms with Gasteiger partial charge < -0.3 is 10.1 Å². The summed E-state index contributed by atoms with van der Waals surface area (Å²) >= 11 is 0. The normalized spacial score (nSPS) is 19.1. The van der Waals surface area contributed by atoms with Crippen molar-refractivity contribution in [3.63, 3.8) is 0 Å². The molecule has 1 aromatic carbocycles. The van der Waals surface area contributed by atoms with Crippen LogP contribution >= 0.6 is 0 Å². The van der Waals surface area contributed by atoms with Crippen LogP contribution < -0.4 is 14.8 Å². The average molecular weight is 312 g/mol. The van der Waals surface area contributed by atoms with Gasteiger partial charge in [0.15, 0.2) is 0 Å². The fourth-order valence-electron chi connectivity index (χ4n) is 2.37. The predicted molar refractivity (Wildman–Crippen MR) is 83.1 cm³/mol. The number of rotatable bonds is 6. The first kappa shape index (κ1) is 16.3. The number of sulfonamides is 1. The Bertz CT molecular complexity index is 579. The first-order valence-electron chi connectivity index (χ1n) is 7.36. The lowest BCUT2D eigenvalue weighted by Gasteiger charge is -2.14. The zero-order valence-corrected chi connectivity index (χ0v) is 13.7. The monoisotopic (exact) mass is 312 g/mol. The van der Waals surface area contributed by atoms with Crippen LogP contribution in [0.3, 0.4) is 0 Å². The summed E-state index contributed by atoms with van der Waals surface area (Å²) in [5.41, 5.74) is 0.828. The van der Waals surface area contributed by atoms with Gasteiger partial charge in [0, 0.05) is 6.54 Å². The fourth-order valence-corrected chi connectivity index (χ4v) is 3.58. The number of ether oxygens (including phenoxy) is 1. The predicted octanol–water partition coefficient (Wildman–Crippen LogP) is 1.67. The quantitative estimate of drug-likeness (QED) is 0.838. The van der Waals surface area contributed by atoms with Gasteiger partial charge in [0.25, 0.3) is 0 Å². The molecule has 0 aliphatic carbocycles. The van der Waals surface area contributed by atoms with Crippen LogP contribution in [0.2, 0.25) is 0 Å². The summed E-state index contributed by atoms with van der Waals surface area (Å²) in [7, 11) is -3.45. The Morgan fingerprint density at radius 2 is 2.19 bits per heavy atom. The molecule has 1 aromatic rings. The zero-order valence-electron chi connectivity index (χ0n) is 12.8. The summed E-state index contributed by atoms with van der Waals surface area (Å²) in [6.45, 7) is 8.08. The zero-order chi connectivity index (χ0) is 15.5. The molecule has 0 spiro atoms. The van der Waals surface area contributed by atoms with Gasteiger partial charge in [-0.2, -0.15) is 0 Å². The van der Waals surface area contributed by atoms with Crippen molar-refractivity contribution in [2.24, 2.45) is 5.92 Å². The molecule has 0 bridgehead atoms. The molecule has 0 radical (unpaired) electrons. The van der Waals surface area contributed by atoms with Gasteiger partial charge in [0.2, 0.25) is 10.0 Å². The van der Waals surface area contributed by atoms with E-state index in [1.165, 1.54) is 0 Å². The molecule has 1 fully saturated rings. The molecule has 5 nitrogen and oxygen atoms in total. The molecule has 21 heavy (non-hydrogen) atoms. The van der Waals surface area contributed by atoms with Gasteiger partial charge in [-0.1, -0.05) is 0 Å². The van der Waals surface area contributed by atoms with E-state index < -0.39 is 10.0 Å². The Morgan fingerprint density at radius 3 is 2.76 bits per heavy atom. The highest BCUT2D eigenvalue weighted by atomic mass is 32.2. The van der Waals surface area contributed by atoms with E-state index in [9.17, 15) is 8.42 Å². The first-order valence-corrected chi connectivity index (χ1v) is 8.84. The lowest BCUT2D eigenvalue weighted by atomic mass is 10.1. The van der Waals surface area contributed by atoms with Gasteiger partial charge in [-0.25, -0.2) is 13.1 Å². The topological polar surface area (TPSA) is 67.4 Å². The van der Waals surface area contributed by atoms with Gasteiger partial charge in [0.05, 0.1) is 11.0 Å². The van der Waals surface area contributed by atoms with Crippen LogP contribution in [0.25, 0.3) is 0 Å². The average Bonchev–Trinajstić information content (AvgIpc) is 2.91. The Morgan fingerprint density at radius 1 is 1.43 bits per heavy atom. The Hall–Kier alpha value is -1.11. The molecule has 0 aromatic heterocycles. The van der Waals surface area contributed by atoms with Crippen molar-refractivity contribution < 1.29 is 13.2 Å². The number of hydrogen-bond acceptors (Lipinski definition) is 4. The molecule has 1 unspecified atom stereocenters. The van der Waals surface area contributed by atoms with Crippen LogP contribution in [-0.2, 0) is 10.0 Å². The van der Waals surface area contributed by atoms with Crippen molar-refractivity contribution in [1.29, 1.82) is 0 Å². The van der Waals surface area contributed by atoms with Gasteiger partial charge in [-0.15, -0.1) is 0 Å². The number of nitrogens with one attached hydrogen (secondary N) is 2. The third-order valence-electron chi connectivity index (χ3n) is 3.54. The summed E-state index contributed by atoms with van der Waals surface area (Å²) in [6.07, 6.45) is 1.09. The van der Waals surface area contributed by atoms with E-state index in [-0.39, 0.29) is 6.10 Å². The van der Waals surface area contributed by atoms with Gasteiger partial charge in [0.1, 0.15) is 5.75 Å². The van der Waals surface area contributed by atoms with Crippen LogP contribution in [0.4, 0.5) is 0 Å². The van der Waals surface area contributed by atoms with E-state index in [4.69, 9.17) is 4.74 Å². The second kappa shape index (κ2) is 6.77. The van der Waals surface area contributed by atoms with Crippen molar-refractivity contribution >= 4 is 10.0 Å². The standard InChI is InChI=1S/C15H24N2O3S/c1-11(2)20-15-5-4-14(8-12(15)3)21(18,19)17-10-13-6-7-16-9-13/h4-5,8,11,13,16-17H,6-7,9-10H2,1-3H3. The minimum atomic E-state index is -3.45. The molecule has 1 saturated heterocycles. The third kappa shape index (κ3) is 4.43. The van der Waals surface area contributed by atoms with Crippen molar-refractivity contribution in [1.82, 2.24) is 10.0 Å². The molecule has 0 amide bonds. The first-order chi connectivity index (χ1) is 9.88. The van der Waals surface area contributed by atoms with Gasteiger partial charge in [-0.3, -0.25) is 0 Å². The number of benzene rings is 1. The molecule has 1 aliphatic heterocycles. The summed E-state index contributed by atoms with van der Waals surface area (Å²) in [6, 6.07) is 4.98. The molecular formula is C15H24N2O3S. The molecule has 1 atom stereocenters. The van der Waals surface area contributed by atoms with Crippen LogP contribution in [0.15, 0.2) is 23.1 Å². The summed E-state index contributed by atoms with van der Waals surface area (Å²) in [4.78, 5) is 0.294. The van der Waals surface area contributed by atoms with Crippen molar-refractivity contribution in [2.45, 2.75) is 38.2 Å². The molecule has 0 saturated carbocycles. The lowest BCUT2D eigenvalue weighted by Crippen LogP contribution is -2.30. The highest BCUT2D eigenvalue weighted by Crippen LogP contribution is 2.23. The number of aryl methyl sites for hydroxylation is 1. The molecule has 1 heterocycles. The summed E-state index contributed by atoms with van der Waals surface area (Å²) in [5, 5.41) is 3.23. The summed E-state index contributed by atoms with van der Waals surface area (Å²) < 4.78 is 32.9. The SMILES string of the molecule is Cc1cc(S(=O)(=O)NCC2CCNC2)ccc1OC(C)C. The second-order valence-electron chi connectivity index (χ2n) is 5.80. The number of hydrogen-bond donors (Lipinski definition) is 2. The molecular weight excluding hydrogens is 288 g/mol. The fraction of sp³-hybridized carbons (Fsp3) is 0.600. The lowest BCUT2D eigenvalue weighted by molar-refractivity contribution is 0.240. The van der Waals surface area contributed by atoms with E-state index in [1.54, 1.807) is 18.2 Å². The molecule has 6 heteroatoms. The van der Waals surface area contributed by atoms with E-state index >= 15 is 0 Å². The van der Waals surface area contributed by atoms with Crippen LogP contribution in [0.5, 0.6) is 5.75 Å². The van der Waals surface area contributed by atoms with Crippen LogP contribution in [0.1, 0.15) is 25.8 Å². The Kier molecular flexibility index (Phi) is 5.24. The highest BCUT2D eigenvalue weighted by molar-refractivity contribution is 7.89. The van der Waals surface area contributed by atoms with E-state index in [1.807, 2.05) is 20.8 Å². The largest absolute Gasteiger partial charge is 0.491 e. The van der Waals surface area contributed by atoms with Crippen molar-refractivity contribution in [2.75, 3.05) is 19.6 Å². The second-order valence-corrected chi connectivity index (χ2v) is 7.57. The molecule has 1 aliphatic rings. The summed E-state index contributed by atoms with van der Waals surface area (Å²) in [5.74, 6) is 1.10. The van der Waals surface area contributed by atoms with E-state index in [2.05, 4.69) is 10.0 Å². The minimum absolute atomic E-state index is 0.0687. The van der Waals surface area contributed by atoms with E-state index in [0.29, 0.717) is 17.4 Å². The third-order valence-corrected chi connectivity index (χ3v) is 4.97. The Balaban J connectivity index is 2.06. The van der Waals surface area contributed by atoms with Crippen LogP contribution in [-0.4, -0.2) is 34.2 Å². The highest BCUT2D eigenvalue weighted by Gasteiger charge is 2.20. The van der Waals surface area contributed by atoms with Gasteiger partial charge >= 0.3 is 0 Å². The van der Waals surface area contributed by atoms with Crippen molar-refractivity contribution in [3.8, 4) is 5.75 Å². The maximum atomic E-state index is 12.3. The van der Waals surface area contributed by atoms with Crippen LogP contribution in [0, 0.1) is 12.8 Å². The maximum Gasteiger partial charge on any atom is 0.240 e. The van der Waals surface area contributed by atoms with Crippen molar-refractivity contribution in [3.05, 3.63) is 23.8 Å². The minimum Gasteiger partial charge on any atom is -0.491 e. The molecule has 2 rings (SSSR count). The maximum absolute atomic E-state index is 12.3. The Labute approximate surface area is 127 Å². The van der Waals surface area contributed by atoms with Gasteiger partial charge in [-0.05, 0) is 70.0 Å².